The van der Waals surface area contributed by atoms with Gasteiger partial charge in [0.1, 0.15) is 5.82 Å². The number of ether oxygens (including phenoxy) is 1. The number of nitrogens with zero attached hydrogens (tertiary/aromatic N) is 3. The van der Waals surface area contributed by atoms with Gasteiger partial charge in [0.05, 0.1) is 31.1 Å². The Morgan fingerprint density at radius 3 is 2.95 bits per heavy atom. The maximum absolute atomic E-state index is 11.5. The van der Waals surface area contributed by atoms with Crippen molar-refractivity contribution in [2.75, 3.05) is 24.7 Å². The van der Waals surface area contributed by atoms with E-state index in [2.05, 4.69) is 21.8 Å². The van der Waals surface area contributed by atoms with E-state index in [0.717, 1.165) is 6.42 Å². The first-order chi connectivity index (χ1) is 9.54. The third-order valence-corrected chi connectivity index (χ3v) is 3.52. The third kappa shape index (κ3) is 2.90. The summed E-state index contributed by atoms with van der Waals surface area (Å²) in [4.78, 5) is 22.1. The molecule has 1 unspecified atom stereocenters. The van der Waals surface area contributed by atoms with E-state index in [4.69, 9.17) is 4.74 Å². The second-order valence-electron chi connectivity index (χ2n) is 5.25. The first kappa shape index (κ1) is 14.7. The van der Waals surface area contributed by atoms with Crippen LogP contribution in [-0.2, 0) is 4.74 Å². The molecule has 6 heteroatoms. The summed E-state index contributed by atoms with van der Waals surface area (Å²) >= 11 is 0. The van der Waals surface area contributed by atoms with Crippen LogP contribution in [0.5, 0.6) is 0 Å². The molecular formula is C14H21N3O3. The van der Waals surface area contributed by atoms with E-state index in [1.54, 1.807) is 6.20 Å². The van der Waals surface area contributed by atoms with E-state index in [-0.39, 0.29) is 17.7 Å². The SMILES string of the molecule is CCC1COCCN1c1cnc(C(C)C)nc1C(=O)O. The van der Waals surface area contributed by atoms with E-state index in [1.807, 2.05) is 13.8 Å². The maximum Gasteiger partial charge on any atom is 0.356 e. The van der Waals surface area contributed by atoms with Gasteiger partial charge >= 0.3 is 5.97 Å². The fourth-order valence-electron chi connectivity index (χ4n) is 2.35. The fraction of sp³-hybridized carbons (Fsp3) is 0.643. The van der Waals surface area contributed by atoms with E-state index in [1.165, 1.54) is 0 Å². The zero-order valence-electron chi connectivity index (χ0n) is 12.2. The monoisotopic (exact) mass is 279 g/mol. The summed E-state index contributed by atoms with van der Waals surface area (Å²) < 4.78 is 5.46. The van der Waals surface area contributed by atoms with E-state index in [9.17, 15) is 9.90 Å². The van der Waals surface area contributed by atoms with Crippen LogP contribution in [0.15, 0.2) is 6.20 Å². The number of aromatic nitrogens is 2. The van der Waals surface area contributed by atoms with Crippen LogP contribution in [0.1, 0.15) is 49.4 Å². The molecule has 1 fully saturated rings. The van der Waals surface area contributed by atoms with Crippen molar-refractivity contribution in [2.45, 2.75) is 39.2 Å². The summed E-state index contributed by atoms with van der Waals surface area (Å²) in [6, 6.07) is 0.176. The lowest BCUT2D eigenvalue weighted by Crippen LogP contribution is -2.46. The highest BCUT2D eigenvalue weighted by Gasteiger charge is 2.27. The molecule has 1 atom stereocenters. The number of hydrogen-bond donors (Lipinski definition) is 1. The first-order valence-electron chi connectivity index (χ1n) is 6.99. The van der Waals surface area contributed by atoms with Crippen molar-refractivity contribution in [2.24, 2.45) is 0 Å². The zero-order chi connectivity index (χ0) is 14.7. The van der Waals surface area contributed by atoms with Crippen LogP contribution in [0.3, 0.4) is 0 Å². The Morgan fingerprint density at radius 2 is 2.35 bits per heavy atom. The number of morpholine rings is 1. The topological polar surface area (TPSA) is 75.5 Å². The molecule has 0 aromatic carbocycles. The molecule has 1 aliphatic heterocycles. The van der Waals surface area contributed by atoms with Gasteiger partial charge in [0.2, 0.25) is 0 Å². The molecule has 1 aromatic rings. The molecule has 6 nitrogen and oxygen atoms in total. The number of hydrogen-bond acceptors (Lipinski definition) is 5. The summed E-state index contributed by atoms with van der Waals surface area (Å²) in [5.74, 6) is -0.341. The molecule has 110 valence electrons. The Bertz CT molecular complexity index is 491. The van der Waals surface area contributed by atoms with Crippen molar-refractivity contribution in [1.29, 1.82) is 0 Å². The van der Waals surface area contributed by atoms with Gasteiger partial charge in [-0.2, -0.15) is 0 Å². The summed E-state index contributed by atoms with van der Waals surface area (Å²) in [6.07, 6.45) is 2.53. The molecule has 0 saturated carbocycles. The molecule has 20 heavy (non-hydrogen) atoms. The predicted octanol–water partition coefficient (Wildman–Crippen LogP) is 1.91. The first-order valence-corrected chi connectivity index (χ1v) is 6.99. The average molecular weight is 279 g/mol. The minimum Gasteiger partial charge on any atom is -0.476 e. The van der Waals surface area contributed by atoms with Crippen molar-refractivity contribution >= 4 is 11.7 Å². The number of carbonyl (C=O) groups is 1. The largest absolute Gasteiger partial charge is 0.476 e. The van der Waals surface area contributed by atoms with Gasteiger partial charge in [-0.3, -0.25) is 0 Å². The van der Waals surface area contributed by atoms with E-state index >= 15 is 0 Å². The highest BCUT2D eigenvalue weighted by molar-refractivity contribution is 5.92. The Kier molecular flexibility index (Phi) is 4.54. The highest BCUT2D eigenvalue weighted by atomic mass is 16.5. The van der Waals surface area contributed by atoms with Crippen molar-refractivity contribution in [3.63, 3.8) is 0 Å². The Hall–Kier alpha value is -1.69. The van der Waals surface area contributed by atoms with Crippen LogP contribution in [-0.4, -0.2) is 46.8 Å². The molecule has 2 heterocycles. The van der Waals surface area contributed by atoms with Gasteiger partial charge in [0.25, 0.3) is 0 Å². The molecule has 0 radical (unpaired) electrons. The summed E-state index contributed by atoms with van der Waals surface area (Å²) in [5, 5.41) is 9.41. The average Bonchev–Trinajstić information content (AvgIpc) is 2.46. The van der Waals surface area contributed by atoms with Gasteiger partial charge in [0.15, 0.2) is 5.69 Å². The summed E-state index contributed by atoms with van der Waals surface area (Å²) in [6.45, 7) is 7.84. The van der Waals surface area contributed by atoms with Crippen LogP contribution in [0, 0.1) is 0 Å². The number of rotatable bonds is 4. The number of aromatic carboxylic acids is 1. The van der Waals surface area contributed by atoms with Crippen LogP contribution in [0.25, 0.3) is 0 Å². The van der Waals surface area contributed by atoms with Crippen molar-refractivity contribution in [3.05, 3.63) is 17.7 Å². The molecule has 2 rings (SSSR count). The lowest BCUT2D eigenvalue weighted by molar-refractivity contribution is 0.0686. The number of carboxylic acids is 1. The molecule has 0 amide bonds. The van der Waals surface area contributed by atoms with Crippen molar-refractivity contribution in [1.82, 2.24) is 9.97 Å². The van der Waals surface area contributed by atoms with Crippen molar-refractivity contribution < 1.29 is 14.6 Å². The Balaban J connectivity index is 2.41. The molecule has 0 bridgehead atoms. The molecular weight excluding hydrogens is 258 g/mol. The third-order valence-electron chi connectivity index (χ3n) is 3.52. The molecule has 1 aliphatic rings. The quantitative estimate of drug-likeness (QED) is 0.907. The van der Waals surface area contributed by atoms with Crippen LogP contribution < -0.4 is 4.90 Å². The highest BCUT2D eigenvalue weighted by Crippen LogP contribution is 2.25. The normalized spacial score (nSPS) is 19.4. The molecule has 0 spiro atoms. The Morgan fingerprint density at radius 1 is 1.60 bits per heavy atom. The van der Waals surface area contributed by atoms with Crippen LogP contribution in [0.4, 0.5) is 5.69 Å². The second kappa shape index (κ2) is 6.17. The minimum atomic E-state index is -1.01. The summed E-state index contributed by atoms with van der Waals surface area (Å²) in [5.41, 5.74) is 0.682. The maximum atomic E-state index is 11.5. The molecule has 1 saturated heterocycles. The lowest BCUT2D eigenvalue weighted by atomic mass is 10.1. The smallest absolute Gasteiger partial charge is 0.356 e. The van der Waals surface area contributed by atoms with E-state index < -0.39 is 5.97 Å². The fourth-order valence-corrected chi connectivity index (χ4v) is 2.35. The zero-order valence-corrected chi connectivity index (χ0v) is 12.2. The standard InChI is InChI=1S/C14H21N3O3/c1-4-10-8-20-6-5-17(10)11-7-15-13(9(2)3)16-12(11)14(18)19/h7,9-10H,4-6,8H2,1-3H3,(H,18,19). The van der Waals surface area contributed by atoms with Gasteiger partial charge in [-0.25, -0.2) is 14.8 Å². The summed E-state index contributed by atoms with van der Waals surface area (Å²) in [7, 11) is 0. The van der Waals surface area contributed by atoms with Crippen LogP contribution >= 0.6 is 0 Å². The predicted molar refractivity (Wildman–Crippen MR) is 75.3 cm³/mol. The number of carboxylic acid groups (broad SMARTS) is 1. The van der Waals surface area contributed by atoms with Gasteiger partial charge < -0.3 is 14.7 Å². The van der Waals surface area contributed by atoms with Gasteiger partial charge in [0, 0.05) is 12.5 Å². The van der Waals surface area contributed by atoms with E-state index in [0.29, 0.717) is 31.3 Å². The van der Waals surface area contributed by atoms with Crippen LogP contribution in [0.2, 0.25) is 0 Å². The number of anilines is 1. The van der Waals surface area contributed by atoms with Gasteiger partial charge in [-0.05, 0) is 6.42 Å². The van der Waals surface area contributed by atoms with Gasteiger partial charge in [-0.15, -0.1) is 0 Å². The second-order valence-corrected chi connectivity index (χ2v) is 5.25. The Labute approximate surface area is 118 Å². The van der Waals surface area contributed by atoms with Gasteiger partial charge in [-0.1, -0.05) is 20.8 Å². The molecule has 1 N–H and O–H groups in total. The molecule has 0 aliphatic carbocycles. The minimum absolute atomic E-state index is 0.0871. The molecule has 1 aromatic heterocycles. The lowest BCUT2D eigenvalue weighted by Gasteiger charge is -2.37. The van der Waals surface area contributed by atoms with Crippen molar-refractivity contribution in [3.8, 4) is 0 Å².